The maximum absolute atomic E-state index is 9.82. The molecule has 0 spiro atoms. The van der Waals surface area contributed by atoms with Crippen LogP contribution in [0.5, 0.6) is 0 Å². The van der Waals surface area contributed by atoms with E-state index in [-0.39, 0.29) is 0 Å². The maximum atomic E-state index is 9.82. The van der Waals surface area contributed by atoms with Crippen molar-refractivity contribution >= 4 is 26.2 Å². The molecule has 0 aromatic rings. The van der Waals surface area contributed by atoms with Gasteiger partial charge in [-0.3, -0.25) is 0 Å². The van der Waals surface area contributed by atoms with Gasteiger partial charge in [0, 0.05) is 0 Å². The molecular formula is HO6S3-. The molecular weight excluding hydrogens is 192 g/mol. The molecule has 0 rings (SSSR count). The Morgan fingerprint density at radius 1 is 1.33 bits per heavy atom. The van der Waals surface area contributed by atoms with Gasteiger partial charge < -0.3 is 9.11 Å². The topological polar surface area (TPSA) is 112 Å². The van der Waals surface area contributed by atoms with E-state index < -0.39 is 26.2 Å². The minimum absolute atomic E-state index is 3.24. The van der Waals surface area contributed by atoms with Crippen LogP contribution in [0.3, 0.4) is 0 Å². The van der Waals surface area contributed by atoms with Crippen LogP contribution in [0.15, 0.2) is 0 Å². The second-order valence-corrected chi connectivity index (χ2v) is 7.04. The molecule has 0 amide bonds. The van der Waals surface area contributed by atoms with Crippen LogP contribution in [-0.2, 0) is 26.2 Å². The maximum Gasteiger partial charge on any atom is 0.307 e. The fourth-order valence-corrected chi connectivity index (χ4v) is 1.90. The summed E-state index contributed by atoms with van der Waals surface area (Å²) in [4.78, 5) is 0. The van der Waals surface area contributed by atoms with Gasteiger partial charge in [0.15, 0.2) is 7.92 Å². The van der Waals surface area contributed by atoms with E-state index in [2.05, 4.69) is 0 Å². The van der Waals surface area contributed by atoms with E-state index in [1.165, 1.54) is 0 Å². The second kappa shape index (κ2) is 2.66. The van der Waals surface area contributed by atoms with Crippen molar-refractivity contribution in [2.45, 2.75) is 0 Å². The molecule has 0 aliphatic heterocycles. The van der Waals surface area contributed by atoms with E-state index in [1.54, 1.807) is 0 Å². The van der Waals surface area contributed by atoms with E-state index >= 15 is 0 Å². The third-order valence-electron chi connectivity index (χ3n) is 0.283. The Labute approximate surface area is 52.7 Å². The van der Waals surface area contributed by atoms with Crippen LogP contribution in [0.2, 0.25) is 0 Å². The SMILES string of the molecule is O=S(=O)=S(=O)=S(=O)([O-])O. The van der Waals surface area contributed by atoms with E-state index in [1.807, 2.05) is 0 Å². The number of rotatable bonds is 0. The highest BCUT2D eigenvalue weighted by molar-refractivity contribution is 8.52. The molecule has 0 saturated heterocycles. The van der Waals surface area contributed by atoms with Crippen molar-refractivity contribution in [2.75, 3.05) is 0 Å². The molecule has 1 unspecified atom stereocenters. The lowest BCUT2D eigenvalue weighted by Crippen LogP contribution is -1.94. The van der Waals surface area contributed by atoms with Gasteiger partial charge in [0.2, 0.25) is 0 Å². The van der Waals surface area contributed by atoms with Crippen LogP contribution in [-0.4, -0.2) is 25.9 Å². The van der Waals surface area contributed by atoms with Crippen LogP contribution in [0.25, 0.3) is 0 Å². The van der Waals surface area contributed by atoms with Gasteiger partial charge >= 0.3 is 9.26 Å². The summed E-state index contributed by atoms with van der Waals surface area (Å²) in [5.74, 6) is 0. The van der Waals surface area contributed by atoms with Gasteiger partial charge in [-0.15, -0.1) is 0 Å². The van der Waals surface area contributed by atoms with Crippen LogP contribution >= 0.6 is 0 Å². The molecule has 0 aliphatic carbocycles. The van der Waals surface area contributed by atoms with Crippen molar-refractivity contribution in [3.05, 3.63) is 0 Å². The quantitative estimate of drug-likeness (QED) is 0.492. The lowest BCUT2D eigenvalue weighted by molar-refractivity contribution is 0.431. The molecule has 9 heteroatoms. The fourth-order valence-electron chi connectivity index (χ4n) is 0.0702. The van der Waals surface area contributed by atoms with Gasteiger partial charge in [-0.2, -0.15) is 12.6 Å². The average molecular weight is 193 g/mol. The first-order valence-corrected chi connectivity index (χ1v) is 6.05. The normalized spacial score (nSPS) is 16.2. The first kappa shape index (κ1) is 8.91. The predicted octanol–water partition coefficient (Wildman–Crippen LogP) is -1.67. The summed E-state index contributed by atoms with van der Waals surface area (Å²) >= 11 is 0. The summed E-state index contributed by atoms with van der Waals surface area (Å²) in [6.07, 6.45) is 0. The Morgan fingerprint density at radius 3 is 1.67 bits per heavy atom. The van der Waals surface area contributed by atoms with Crippen LogP contribution < -0.4 is 0 Å². The third-order valence-corrected chi connectivity index (χ3v) is 5.10. The lowest BCUT2D eigenvalue weighted by Gasteiger charge is -1.95. The average Bonchev–Trinajstić information content (AvgIpc) is 1.62. The van der Waals surface area contributed by atoms with Gasteiger partial charge in [-0.25, -0.2) is 4.21 Å². The summed E-state index contributed by atoms with van der Waals surface area (Å²) in [6, 6.07) is 0. The Kier molecular flexibility index (Phi) is 2.64. The second-order valence-electron chi connectivity index (χ2n) is 0.836. The zero-order valence-corrected chi connectivity index (χ0v) is 6.16. The van der Waals surface area contributed by atoms with Gasteiger partial charge in [-0.1, -0.05) is 0 Å². The standard InChI is InChI=1S/H2O6S3/c1-7(2)8(3)9(4,5)6/h(H2,4,5,6)/p-1. The minimum Gasteiger partial charge on any atom is -0.747 e. The monoisotopic (exact) mass is 193 g/mol. The first-order valence-electron chi connectivity index (χ1n) is 1.35. The highest BCUT2D eigenvalue weighted by Gasteiger charge is 1.81. The molecule has 0 heterocycles. The van der Waals surface area contributed by atoms with Crippen molar-refractivity contribution in [3.63, 3.8) is 0 Å². The van der Waals surface area contributed by atoms with E-state index in [9.17, 15) is 21.4 Å². The van der Waals surface area contributed by atoms with E-state index in [4.69, 9.17) is 4.55 Å². The van der Waals surface area contributed by atoms with Gasteiger partial charge in [0.1, 0.15) is 9.05 Å². The molecule has 0 bridgehead atoms. The zero-order valence-electron chi connectivity index (χ0n) is 3.71. The van der Waals surface area contributed by atoms with E-state index in [0.717, 1.165) is 0 Å². The summed E-state index contributed by atoms with van der Waals surface area (Å²) < 4.78 is 55.8. The molecule has 1 N–H and O–H groups in total. The van der Waals surface area contributed by atoms with Crippen LogP contribution in [0.1, 0.15) is 0 Å². The number of hydrogen-bond donors (Lipinski definition) is 1. The molecule has 0 aromatic heterocycles. The van der Waals surface area contributed by atoms with E-state index in [0.29, 0.717) is 0 Å². The van der Waals surface area contributed by atoms with Crippen molar-refractivity contribution in [1.29, 1.82) is 0 Å². The van der Waals surface area contributed by atoms with Crippen molar-refractivity contribution < 1.29 is 25.9 Å². The fraction of sp³-hybridized carbons (Fsp3) is 0. The van der Waals surface area contributed by atoms with Gasteiger partial charge in [0.25, 0.3) is 0 Å². The molecule has 6 nitrogen and oxygen atoms in total. The molecule has 56 valence electrons. The largest absolute Gasteiger partial charge is 0.747 e. The first-order chi connectivity index (χ1) is 3.85. The van der Waals surface area contributed by atoms with Gasteiger partial charge in [0.05, 0.1) is 0 Å². The Balaban J connectivity index is 6.69. The van der Waals surface area contributed by atoms with Crippen molar-refractivity contribution in [1.82, 2.24) is 0 Å². The van der Waals surface area contributed by atoms with Gasteiger partial charge in [-0.05, 0) is 0 Å². The van der Waals surface area contributed by atoms with Crippen molar-refractivity contribution in [3.8, 4) is 0 Å². The summed E-state index contributed by atoms with van der Waals surface area (Å²) in [5.41, 5.74) is 0. The Bertz CT molecular complexity index is 393. The molecule has 1 atom stereocenters. The van der Waals surface area contributed by atoms with Crippen molar-refractivity contribution in [2.24, 2.45) is 0 Å². The summed E-state index contributed by atoms with van der Waals surface area (Å²) in [7, 11) is -11.5. The smallest absolute Gasteiger partial charge is 0.307 e. The summed E-state index contributed by atoms with van der Waals surface area (Å²) in [5, 5.41) is 0. The molecule has 0 fully saturated rings. The summed E-state index contributed by atoms with van der Waals surface area (Å²) in [6.45, 7) is 0. The molecule has 9 heavy (non-hydrogen) atoms. The minimum atomic E-state index is -4.94. The lowest BCUT2D eigenvalue weighted by atomic mass is 15.8. The molecule has 0 aromatic carbocycles. The molecule has 0 aliphatic rings. The highest BCUT2D eigenvalue weighted by atomic mass is 33.1. The molecule has 0 radical (unpaired) electrons. The Morgan fingerprint density at radius 2 is 1.67 bits per heavy atom. The predicted molar refractivity (Wildman–Crippen MR) is 28.6 cm³/mol. The number of hydrogen-bond acceptors (Lipinski definition) is 5. The molecule has 0 saturated carbocycles. The van der Waals surface area contributed by atoms with Crippen LogP contribution in [0.4, 0.5) is 0 Å². The Hall–Kier alpha value is -0.0900. The highest BCUT2D eigenvalue weighted by Crippen LogP contribution is 1.71. The third kappa shape index (κ3) is 2.81. The zero-order chi connectivity index (χ0) is 7.65. The van der Waals surface area contributed by atoms with Crippen LogP contribution in [0, 0.1) is 0 Å².